The smallest absolute Gasteiger partial charge is 0.387 e. The van der Waals surface area contributed by atoms with Gasteiger partial charge in [0, 0.05) is 19.7 Å². The molecule has 0 aromatic heterocycles. The highest BCUT2D eigenvalue weighted by atomic mass is 19.3. The van der Waals surface area contributed by atoms with Crippen molar-refractivity contribution in [3.05, 3.63) is 29.8 Å². The molecule has 1 aromatic rings. The average molecular weight is 257 g/mol. The van der Waals surface area contributed by atoms with E-state index in [-0.39, 0.29) is 5.75 Å². The van der Waals surface area contributed by atoms with E-state index < -0.39 is 6.61 Å². The molecule has 0 amide bonds. The third kappa shape index (κ3) is 4.23. The van der Waals surface area contributed by atoms with Gasteiger partial charge in [0.25, 0.3) is 0 Å². The van der Waals surface area contributed by atoms with E-state index in [0.717, 1.165) is 38.3 Å². The van der Waals surface area contributed by atoms with Crippen molar-refractivity contribution in [3.63, 3.8) is 0 Å². The van der Waals surface area contributed by atoms with Crippen LogP contribution in [0.5, 0.6) is 5.75 Å². The molecule has 100 valence electrons. The predicted molar refractivity (Wildman–Crippen MR) is 63.7 cm³/mol. The highest BCUT2D eigenvalue weighted by Crippen LogP contribution is 2.15. The fraction of sp³-hybridized carbons (Fsp3) is 0.538. The van der Waals surface area contributed by atoms with Gasteiger partial charge in [-0.2, -0.15) is 8.78 Å². The number of alkyl halides is 2. The van der Waals surface area contributed by atoms with E-state index in [2.05, 4.69) is 10.1 Å². The zero-order valence-corrected chi connectivity index (χ0v) is 10.1. The summed E-state index contributed by atoms with van der Waals surface area (Å²) in [4.78, 5) is 0. The van der Waals surface area contributed by atoms with E-state index in [4.69, 9.17) is 4.74 Å². The maximum atomic E-state index is 12.0. The predicted octanol–water partition coefficient (Wildman–Crippen LogP) is 2.41. The number of hydrogen-bond acceptors (Lipinski definition) is 3. The first kappa shape index (κ1) is 13.2. The lowest BCUT2D eigenvalue weighted by molar-refractivity contribution is -0.0498. The minimum absolute atomic E-state index is 0.193. The number of ether oxygens (including phenoxy) is 2. The van der Waals surface area contributed by atoms with Crippen molar-refractivity contribution >= 4 is 0 Å². The van der Waals surface area contributed by atoms with Crippen LogP contribution in [0, 0.1) is 5.92 Å². The van der Waals surface area contributed by atoms with Crippen LogP contribution in [0.2, 0.25) is 0 Å². The lowest BCUT2D eigenvalue weighted by atomic mass is 10.1. The van der Waals surface area contributed by atoms with Gasteiger partial charge in [-0.15, -0.1) is 0 Å². The number of benzene rings is 1. The number of rotatable bonds is 6. The van der Waals surface area contributed by atoms with Gasteiger partial charge in [-0.25, -0.2) is 0 Å². The summed E-state index contributed by atoms with van der Waals surface area (Å²) in [6, 6.07) is 6.69. The first-order chi connectivity index (χ1) is 8.74. The van der Waals surface area contributed by atoms with Crippen LogP contribution < -0.4 is 10.1 Å². The van der Waals surface area contributed by atoms with Crippen molar-refractivity contribution < 1.29 is 18.3 Å². The Morgan fingerprint density at radius 1 is 1.33 bits per heavy atom. The molecule has 1 heterocycles. The minimum atomic E-state index is -2.77. The molecule has 0 aliphatic carbocycles. The molecule has 1 aromatic carbocycles. The topological polar surface area (TPSA) is 30.5 Å². The quantitative estimate of drug-likeness (QED) is 0.849. The fourth-order valence-corrected chi connectivity index (χ4v) is 1.95. The lowest BCUT2D eigenvalue weighted by Crippen LogP contribution is -2.22. The maximum absolute atomic E-state index is 12.0. The van der Waals surface area contributed by atoms with Crippen LogP contribution in [0.4, 0.5) is 8.78 Å². The molecule has 1 unspecified atom stereocenters. The standard InChI is InChI=1S/C13H17F2NO2/c14-13(15)18-12-3-1-10(2-4-12)7-16-8-11-5-6-17-9-11/h1-4,11,13,16H,5-9H2. The third-order valence-electron chi connectivity index (χ3n) is 2.93. The molecule has 1 atom stereocenters. The Bertz CT molecular complexity index is 351. The molecular weight excluding hydrogens is 240 g/mol. The van der Waals surface area contributed by atoms with Gasteiger partial charge >= 0.3 is 6.61 Å². The molecule has 2 rings (SSSR count). The molecule has 1 N–H and O–H groups in total. The minimum Gasteiger partial charge on any atom is -0.435 e. The Morgan fingerprint density at radius 2 is 2.11 bits per heavy atom. The molecule has 18 heavy (non-hydrogen) atoms. The highest BCUT2D eigenvalue weighted by Gasteiger charge is 2.14. The highest BCUT2D eigenvalue weighted by molar-refractivity contribution is 5.27. The molecule has 0 bridgehead atoms. The summed E-state index contributed by atoms with van der Waals surface area (Å²) in [5.41, 5.74) is 1.05. The third-order valence-corrected chi connectivity index (χ3v) is 2.93. The van der Waals surface area contributed by atoms with Gasteiger partial charge < -0.3 is 14.8 Å². The SMILES string of the molecule is FC(F)Oc1ccc(CNCC2CCOC2)cc1. The van der Waals surface area contributed by atoms with Crippen molar-refractivity contribution in [2.45, 2.75) is 19.6 Å². The van der Waals surface area contributed by atoms with Crippen molar-refractivity contribution in [3.8, 4) is 5.75 Å². The van der Waals surface area contributed by atoms with Crippen LogP contribution in [0.25, 0.3) is 0 Å². The molecule has 0 saturated carbocycles. The summed E-state index contributed by atoms with van der Waals surface area (Å²) in [5.74, 6) is 0.782. The van der Waals surface area contributed by atoms with Crippen LogP contribution >= 0.6 is 0 Å². The van der Waals surface area contributed by atoms with Crippen LogP contribution in [-0.2, 0) is 11.3 Å². The van der Waals surface area contributed by atoms with Crippen molar-refractivity contribution in [1.82, 2.24) is 5.32 Å². The van der Waals surface area contributed by atoms with Crippen LogP contribution in [-0.4, -0.2) is 26.4 Å². The zero-order valence-electron chi connectivity index (χ0n) is 10.1. The first-order valence-electron chi connectivity index (χ1n) is 6.06. The molecule has 0 spiro atoms. The van der Waals surface area contributed by atoms with E-state index >= 15 is 0 Å². The lowest BCUT2D eigenvalue weighted by Gasteiger charge is -2.10. The summed E-state index contributed by atoms with van der Waals surface area (Å²) in [6.07, 6.45) is 1.11. The molecular formula is C13H17F2NO2. The van der Waals surface area contributed by atoms with E-state index in [1.165, 1.54) is 0 Å². The first-order valence-corrected chi connectivity index (χ1v) is 6.06. The number of hydrogen-bond donors (Lipinski definition) is 1. The second kappa shape index (κ2) is 6.66. The molecule has 1 aliphatic heterocycles. The second-order valence-electron chi connectivity index (χ2n) is 4.38. The van der Waals surface area contributed by atoms with Crippen molar-refractivity contribution in [2.24, 2.45) is 5.92 Å². The van der Waals surface area contributed by atoms with Gasteiger partial charge in [-0.1, -0.05) is 12.1 Å². The average Bonchev–Trinajstić information content (AvgIpc) is 2.84. The Hall–Kier alpha value is -1.20. The Balaban J connectivity index is 1.72. The molecule has 1 aliphatic rings. The maximum Gasteiger partial charge on any atom is 0.387 e. The normalized spacial score (nSPS) is 19.4. The molecule has 3 nitrogen and oxygen atoms in total. The fourth-order valence-electron chi connectivity index (χ4n) is 1.95. The van der Waals surface area contributed by atoms with E-state index in [9.17, 15) is 8.78 Å². The summed E-state index contributed by atoms with van der Waals surface area (Å²) >= 11 is 0. The molecule has 5 heteroatoms. The van der Waals surface area contributed by atoms with Gasteiger partial charge in [0.1, 0.15) is 5.75 Å². The number of halogens is 2. The summed E-state index contributed by atoms with van der Waals surface area (Å²) in [5, 5.41) is 3.33. The number of nitrogens with one attached hydrogen (secondary N) is 1. The summed E-state index contributed by atoms with van der Waals surface area (Å²) in [6.45, 7) is 0.567. The van der Waals surface area contributed by atoms with E-state index in [0.29, 0.717) is 5.92 Å². The van der Waals surface area contributed by atoms with Gasteiger partial charge in [0.05, 0.1) is 6.61 Å². The summed E-state index contributed by atoms with van der Waals surface area (Å²) < 4.78 is 33.5. The monoisotopic (exact) mass is 257 g/mol. The largest absolute Gasteiger partial charge is 0.435 e. The Labute approximate surface area is 105 Å². The zero-order chi connectivity index (χ0) is 12.8. The van der Waals surface area contributed by atoms with Gasteiger partial charge in [0.2, 0.25) is 0 Å². The van der Waals surface area contributed by atoms with Crippen LogP contribution in [0.3, 0.4) is 0 Å². The van der Waals surface area contributed by atoms with Crippen LogP contribution in [0.15, 0.2) is 24.3 Å². The van der Waals surface area contributed by atoms with Gasteiger partial charge in [0.15, 0.2) is 0 Å². The summed E-state index contributed by atoms with van der Waals surface area (Å²) in [7, 11) is 0. The second-order valence-corrected chi connectivity index (χ2v) is 4.38. The van der Waals surface area contributed by atoms with Crippen LogP contribution in [0.1, 0.15) is 12.0 Å². The van der Waals surface area contributed by atoms with Gasteiger partial charge in [-0.3, -0.25) is 0 Å². The Kier molecular flexibility index (Phi) is 4.90. The van der Waals surface area contributed by atoms with E-state index in [1.54, 1.807) is 24.3 Å². The molecule has 1 saturated heterocycles. The molecule has 0 radical (unpaired) electrons. The van der Waals surface area contributed by atoms with E-state index in [1.807, 2.05) is 0 Å². The van der Waals surface area contributed by atoms with Crippen molar-refractivity contribution in [1.29, 1.82) is 0 Å². The van der Waals surface area contributed by atoms with Crippen molar-refractivity contribution in [2.75, 3.05) is 19.8 Å². The van der Waals surface area contributed by atoms with Gasteiger partial charge in [-0.05, 0) is 30.0 Å². The Morgan fingerprint density at radius 3 is 2.72 bits per heavy atom. The molecule has 1 fully saturated rings.